The van der Waals surface area contributed by atoms with E-state index < -0.39 is 15.2 Å². The standard InChI is InChI=1S/C33H72N6O6P2/c1-3-5-7-9-11-28-42-46(40,32-26-38(22-13-18-34)23-14-19-35)44-30-17-31-45-47(41,43-29-12-10-8-6-4-2)33-27-39(24-15-20-36)25-16-21-37/h7-10H,3-6,11-37H2,1-2H3/b9-7-,10-8-. The van der Waals surface area contributed by atoms with Crippen molar-refractivity contribution in [3.63, 3.8) is 0 Å². The lowest BCUT2D eigenvalue weighted by Crippen LogP contribution is -2.31. The van der Waals surface area contributed by atoms with E-state index in [4.69, 9.17) is 41.0 Å². The molecule has 12 nitrogen and oxygen atoms in total. The van der Waals surface area contributed by atoms with E-state index in [0.717, 1.165) is 77.5 Å². The Labute approximate surface area is 287 Å². The molecule has 0 bridgehead atoms. The number of hydrogen-bond acceptors (Lipinski definition) is 12. The van der Waals surface area contributed by atoms with Crippen LogP contribution in [0.15, 0.2) is 24.3 Å². The fourth-order valence-corrected chi connectivity index (χ4v) is 7.88. The van der Waals surface area contributed by atoms with Crippen LogP contribution in [-0.4, -0.2) is 114 Å². The van der Waals surface area contributed by atoms with E-state index in [0.29, 0.717) is 71.7 Å². The molecular formula is C33H72N6O6P2. The minimum Gasteiger partial charge on any atom is -0.330 e. The van der Waals surface area contributed by atoms with Crippen LogP contribution in [0.2, 0.25) is 0 Å². The number of nitrogens with two attached hydrogens (primary N) is 4. The van der Waals surface area contributed by atoms with Crippen molar-refractivity contribution >= 4 is 15.2 Å². The summed E-state index contributed by atoms with van der Waals surface area (Å²) in [6.07, 6.45) is 18.2. The average molecular weight is 711 g/mol. The number of unbranched alkanes of at least 4 members (excludes halogenated alkanes) is 2. The molecule has 0 aliphatic carbocycles. The van der Waals surface area contributed by atoms with Crippen LogP contribution in [0.1, 0.15) is 84.5 Å². The van der Waals surface area contributed by atoms with Gasteiger partial charge in [-0.3, -0.25) is 9.13 Å². The second kappa shape index (κ2) is 32.7. The molecule has 0 aromatic heterocycles. The molecule has 0 radical (unpaired) electrons. The third-order valence-corrected chi connectivity index (χ3v) is 11.1. The Kier molecular flexibility index (Phi) is 32.4. The Bertz CT molecular complexity index is 772. The van der Waals surface area contributed by atoms with Gasteiger partial charge in [0.25, 0.3) is 0 Å². The molecule has 47 heavy (non-hydrogen) atoms. The molecule has 14 heteroatoms. The first-order chi connectivity index (χ1) is 22.8. The van der Waals surface area contributed by atoms with Gasteiger partial charge < -0.3 is 50.8 Å². The molecule has 0 amide bonds. The van der Waals surface area contributed by atoms with Crippen LogP contribution in [0.3, 0.4) is 0 Å². The molecule has 0 saturated heterocycles. The van der Waals surface area contributed by atoms with E-state index in [1.807, 2.05) is 0 Å². The van der Waals surface area contributed by atoms with Gasteiger partial charge in [0.1, 0.15) is 0 Å². The van der Waals surface area contributed by atoms with E-state index in [-0.39, 0.29) is 25.5 Å². The zero-order valence-corrected chi connectivity index (χ0v) is 31.7. The lowest BCUT2D eigenvalue weighted by Gasteiger charge is -2.26. The van der Waals surface area contributed by atoms with Gasteiger partial charge in [-0.25, -0.2) is 0 Å². The summed E-state index contributed by atoms with van der Waals surface area (Å²) in [5.74, 6) is 0. The first kappa shape index (κ1) is 46.5. The Morgan fingerprint density at radius 1 is 0.468 bits per heavy atom. The fourth-order valence-electron chi connectivity index (χ4n) is 4.58. The number of nitrogens with zero attached hydrogens (tertiary/aromatic N) is 2. The normalized spacial score (nSPS) is 15.0. The summed E-state index contributed by atoms with van der Waals surface area (Å²) < 4.78 is 51.3. The predicted molar refractivity (Wildman–Crippen MR) is 198 cm³/mol. The van der Waals surface area contributed by atoms with Gasteiger partial charge >= 0.3 is 15.2 Å². The third-order valence-electron chi connectivity index (χ3n) is 7.35. The summed E-state index contributed by atoms with van der Waals surface area (Å²) in [7, 11) is -6.76. The van der Waals surface area contributed by atoms with Crippen molar-refractivity contribution in [3.8, 4) is 0 Å². The van der Waals surface area contributed by atoms with Gasteiger partial charge in [0.2, 0.25) is 0 Å². The minimum absolute atomic E-state index is 0.160. The highest BCUT2D eigenvalue weighted by Crippen LogP contribution is 2.50. The van der Waals surface area contributed by atoms with Crippen LogP contribution in [0.25, 0.3) is 0 Å². The van der Waals surface area contributed by atoms with Crippen LogP contribution in [0.5, 0.6) is 0 Å². The second-order valence-corrected chi connectivity index (χ2v) is 16.1. The molecule has 0 rings (SSSR count). The molecule has 2 atom stereocenters. The van der Waals surface area contributed by atoms with E-state index in [2.05, 4.69) is 48.0 Å². The maximum absolute atomic E-state index is 13.8. The molecule has 0 saturated carbocycles. The minimum atomic E-state index is -3.38. The van der Waals surface area contributed by atoms with Crippen LogP contribution < -0.4 is 22.9 Å². The van der Waals surface area contributed by atoms with Crippen molar-refractivity contribution in [2.45, 2.75) is 84.5 Å². The Balaban J connectivity index is 5.28. The van der Waals surface area contributed by atoms with E-state index in [9.17, 15) is 9.13 Å². The first-order valence-electron chi connectivity index (χ1n) is 18.1. The topological polar surface area (TPSA) is 182 Å². The highest BCUT2D eigenvalue weighted by Gasteiger charge is 2.27. The quantitative estimate of drug-likeness (QED) is 0.0374. The Hall–Kier alpha value is -0.460. The van der Waals surface area contributed by atoms with Crippen molar-refractivity contribution in [2.75, 3.05) is 104 Å². The van der Waals surface area contributed by atoms with Gasteiger partial charge in [0, 0.05) is 13.1 Å². The molecule has 0 aliphatic rings. The summed E-state index contributed by atoms with van der Waals surface area (Å²) in [4.78, 5) is 4.44. The molecule has 0 spiro atoms. The lowest BCUT2D eigenvalue weighted by molar-refractivity contribution is 0.169. The summed E-state index contributed by atoms with van der Waals surface area (Å²) in [6.45, 7) is 12.0. The largest absolute Gasteiger partial charge is 0.331 e. The van der Waals surface area contributed by atoms with Gasteiger partial charge in [0.15, 0.2) is 0 Å². The molecular weight excluding hydrogens is 638 g/mol. The summed E-state index contributed by atoms with van der Waals surface area (Å²) in [5, 5.41) is 0. The van der Waals surface area contributed by atoms with Gasteiger partial charge in [-0.2, -0.15) is 0 Å². The van der Waals surface area contributed by atoms with E-state index in [1.54, 1.807) is 0 Å². The molecule has 0 aliphatic heterocycles. The fraction of sp³-hybridized carbons (Fsp3) is 0.879. The lowest BCUT2D eigenvalue weighted by atomic mass is 10.3. The zero-order valence-electron chi connectivity index (χ0n) is 29.9. The number of hydrogen-bond donors (Lipinski definition) is 4. The van der Waals surface area contributed by atoms with Crippen LogP contribution in [-0.2, 0) is 27.2 Å². The molecule has 0 aromatic rings. The highest BCUT2D eigenvalue weighted by molar-refractivity contribution is 7.54. The number of rotatable bonds is 36. The van der Waals surface area contributed by atoms with Gasteiger partial charge in [0.05, 0.1) is 38.8 Å². The highest BCUT2D eigenvalue weighted by atomic mass is 31.2. The van der Waals surface area contributed by atoms with Crippen molar-refractivity contribution in [1.82, 2.24) is 9.80 Å². The summed E-state index contributed by atoms with van der Waals surface area (Å²) in [6, 6.07) is 0. The van der Waals surface area contributed by atoms with Crippen molar-refractivity contribution in [1.29, 1.82) is 0 Å². The maximum Gasteiger partial charge on any atom is 0.331 e. The van der Waals surface area contributed by atoms with E-state index in [1.165, 1.54) is 0 Å². The van der Waals surface area contributed by atoms with Crippen molar-refractivity contribution < 1.29 is 27.2 Å². The van der Waals surface area contributed by atoms with E-state index >= 15 is 0 Å². The van der Waals surface area contributed by atoms with Crippen LogP contribution in [0.4, 0.5) is 0 Å². The van der Waals surface area contributed by atoms with Gasteiger partial charge in [-0.05, 0) is 110 Å². The van der Waals surface area contributed by atoms with Gasteiger partial charge in [-0.15, -0.1) is 0 Å². The molecule has 2 unspecified atom stereocenters. The predicted octanol–water partition coefficient (Wildman–Crippen LogP) is 5.32. The van der Waals surface area contributed by atoms with Gasteiger partial charge in [-0.1, -0.05) is 51.0 Å². The van der Waals surface area contributed by atoms with Crippen LogP contribution in [0, 0.1) is 0 Å². The average Bonchev–Trinajstić information content (AvgIpc) is 3.07. The van der Waals surface area contributed by atoms with Crippen LogP contribution >= 0.6 is 15.2 Å². The third kappa shape index (κ3) is 28.0. The zero-order chi connectivity index (χ0) is 34.9. The molecule has 280 valence electrons. The molecule has 0 heterocycles. The van der Waals surface area contributed by atoms with Crippen molar-refractivity contribution in [3.05, 3.63) is 24.3 Å². The smallest absolute Gasteiger partial charge is 0.330 e. The SMILES string of the molecule is CCC/C=C\CCOP(=O)(CCN(CCCN)CCCN)OCCCOP(=O)(CCN(CCCN)CCCN)OCC/C=C\CCC. The number of allylic oxidation sites excluding steroid dienone is 2. The monoisotopic (exact) mass is 710 g/mol. The second-order valence-electron chi connectivity index (χ2n) is 11.7. The summed E-state index contributed by atoms with van der Waals surface area (Å²) >= 11 is 0. The molecule has 8 N–H and O–H groups in total. The maximum atomic E-state index is 13.8. The molecule has 0 fully saturated rings. The molecule has 0 aromatic carbocycles. The Morgan fingerprint density at radius 3 is 1.11 bits per heavy atom. The van der Waals surface area contributed by atoms with Crippen molar-refractivity contribution in [2.24, 2.45) is 22.9 Å². The first-order valence-corrected chi connectivity index (χ1v) is 21.6. The summed E-state index contributed by atoms with van der Waals surface area (Å²) in [5.41, 5.74) is 22.9. The Morgan fingerprint density at radius 2 is 0.787 bits per heavy atom.